The number of nitrogens with two attached hydrogens (primary N) is 2. The second-order valence-corrected chi connectivity index (χ2v) is 6.20. The third kappa shape index (κ3) is 4.84. The van der Waals surface area contributed by atoms with E-state index in [-0.39, 0.29) is 29.1 Å². The van der Waals surface area contributed by atoms with E-state index in [4.69, 9.17) is 16.2 Å². The zero-order chi connectivity index (χ0) is 19.4. The van der Waals surface area contributed by atoms with E-state index in [0.29, 0.717) is 22.1 Å². The Balaban J connectivity index is 0.00000280. The number of ether oxygens (including phenoxy) is 1. The van der Waals surface area contributed by atoms with Crippen LogP contribution in [-0.2, 0) is 0 Å². The Kier molecular flexibility index (Phi) is 6.69. The standard InChI is InChI=1S/C16H15N7O3S.ClH/c1-26-10-4-2-8(3-5-10)13(25)23-14-11(12(17)24)22-16(27-14)21-9-6-19-15(18)20-7-9;/h2-7H,1H3,(H2,17,24)(H,21,22)(H,23,25)(H2,18,19,20);1H. The van der Waals surface area contributed by atoms with Crippen LogP contribution in [0.5, 0.6) is 5.75 Å². The fourth-order valence-electron chi connectivity index (χ4n) is 2.07. The van der Waals surface area contributed by atoms with Crippen molar-refractivity contribution >= 4 is 57.3 Å². The number of halogens is 1. The highest BCUT2D eigenvalue weighted by Gasteiger charge is 2.19. The summed E-state index contributed by atoms with van der Waals surface area (Å²) in [6.07, 6.45) is 2.92. The normalized spacial score (nSPS) is 9.89. The lowest BCUT2D eigenvalue weighted by atomic mass is 10.2. The van der Waals surface area contributed by atoms with Crippen LogP contribution < -0.4 is 26.8 Å². The average Bonchev–Trinajstić information content (AvgIpc) is 3.06. The number of nitrogens with zero attached hydrogens (tertiary/aromatic N) is 3. The number of nitrogens with one attached hydrogen (secondary N) is 2. The number of carbonyl (C=O) groups excluding carboxylic acids is 2. The molecular formula is C16H16ClN7O3S. The van der Waals surface area contributed by atoms with Gasteiger partial charge in [0.15, 0.2) is 10.8 Å². The molecule has 2 amide bonds. The molecule has 2 aromatic heterocycles. The van der Waals surface area contributed by atoms with Gasteiger partial charge < -0.3 is 26.8 Å². The lowest BCUT2D eigenvalue weighted by Crippen LogP contribution is -2.17. The minimum atomic E-state index is -0.766. The van der Waals surface area contributed by atoms with Gasteiger partial charge in [0, 0.05) is 5.56 Å². The molecule has 0 fully saturated rings. The van der Waals surface area contributed by atoms with Crippen LogP contribution in [0, 0.1) is 0 Å². The lowest BCUT2D eigenvalue weighted by Gasteiger charge is -2.05. The fraction of sp³-hybridized carbons (Fsp3) is 0.0625. The predicted octanol–water partition coefficient (Wildman–Crippen LogP) is 2.04. The van der Waals surface area contributed by atoms with Crippen molar-refractivity contribution in [1.29, 1.82) is 0 Å². The van der Waals surface area contributed by atoms with Crippen molar-refractivity contribution in [2.45, 2.75) is 0 Å². The highest BCUT2D eigenvalue weighted by atomic mass is 35.5. The van der Waals surface area contributed by atoms with Crippen molar-refractivity contribution in [2.24, 2.45) is 5.73 Å². The summed E-state index contributed by atoms with van der Waals surface area (Å²) >= 11 is 1.05. The van der Waals surface area contributed by atoms with E-state index in [2.05, 4.69) is 25.6 Å². The number of rotatable bonds is 6. The Bertz CT molecular complexity index is 977. The second-order valence-electron chi connectivity index (χ2n) is 5.20. The van der Waals surface area contributed by atoms with Gasteiger partial charge in [-0.3, -0.25) is 9.59 Å². The number of thiazole rings is 1. The number of benzene rings is 1. The monoisotopic (exact) mass is 421 g/mol. The third-order valence-electron chi connectivity index (χ3n) is 3.36. The number of anilines is 4. The summed E-state index contributed by atoms with van der Waals surface area (Å²) in [7, 11) is 1.53. The number of carbonyl (C=O) groups is 2. The Morgan fingerprint density at radius 3 is 2.36 bits per heavy atom. The summed E-state index contributed by atoms with van der Waals surface area (Å²) in [6.45, 7) is 0. The van der Waals surface area contributed by atoms with Gasteiger partial charge in [-0.25, -0.2) is 15.0 Å². The van der Waals surface area contributed by atoms with E-state index < -0.39 is 11.8 Å². The zero-order valence-electron chi connectivity index (χ0n) is 14.5. The smallest absolute Gasteiger partial charge is 0.270 e. The molecule has 0 spiro atoms. The lowest BCUT2D eigenvalue weighted by molar-refractivity contribution is 0.0997. The summed E-state index contributed by atoms with van der Waals surface area (Å²) in [4.78, 5) is 35.9. The maximum absolute atomic E-state index is 12.4. The van der Waals surface area contributed by atoms with E-state index in [1.807, 2.05) is 0 Å². The van der Waals surface area contributed by atoms with Crippen LogP contribution >= 0.6 is 23.7 Å². The van der Waals surface area contributed by atoms with Crippen molar-refractivity contribution in [3.63, 3.8) is 0 Å². The summed E-state index contributed by atoms with van der Waals surface area (Å²) in [6, 6.07) is 6.52. The number of methoxy groups -OCH3 is 1. The Hall–Kier alpha value is -3.44. The number of primary amides is 1. The Morgan fingerprint density at radius 1 is 1.14 bits per heavy atom. The van der Waals surface area contributed by atoms with Crippen LogP contribution in [0.25, 0.3) is 0 Å². The molecule has 0 unspecified atom stereocenters. The van der Waals surface area contributed by atoms with Gasteiger partial charge in [-0.1, -0.05) is 11.3 Å². The molecule has 2 heterocycles. The van der Waals surface area contributed by atoms with E-state index >= 15 is 0 Å². The third-order valence-corrected chi connectivity index (χ3v) is 4.25. The number of hydrogen-bond donors (Lipinski definition) is 4. The maximum atomic E-state index is 12.4. The number of nitrogen functional groups attached to an aromatic ring is 1. The van der Waals surface area contributed by atoms with Crippen LogP contribution in [-0.4, -0.2) is 33.9 Å². The zero-order valence-corrected chi connectivity index (χ0v) is 16.1. The molecule has 3 rings (SSSR count). The molecule has 0 aliphatic heterocycles. The van der Waals surface area contributed by atoms with Gasteiger partial charge in [0.2, 0.25) is 5.95 Å². The van der Waals surface area contributed by atoms with Crippen LogP contribution in [0.1, 0.15) is 20.8 Å². The molecule has 28 heavy (non-hydrogen) atoms. The minimum absolute atomic E-state index is 0. The molecule has 0 radical (unpaired) electrons. The molecule has 0 saturated heterocycles. The Labute approximate surface area is 169 Å². The van der Waals surface area contributed by atoms with Crippen molar-refractivity contribution in [3.05, 3.63) is 47.9 Å². The number of aromatic nitrogens is 3. The van der Waals surface area contributed by atoms with Gasteiger partial charge in [-0.05, 0) is 24.3 Å². The van der Waals surface area contributed by atoms with Crippen molar-refractivity contribution in [3.8, 4) is 5.75 Å². The van der Waals surface area contributed by atoms with Gasteiger partial charge in [-0.15, -0.1) is 12.4 Å². The SMILES string of the molecule is COc1ccc(C(=O)Nc2sc(Nc3cnc(N)nc3)nc2C(N)=O)cc1.Cl. The molecule has 0 aliphatic carbocycles. The predicted molar refractivity (Wildman–Crippen MR) is 109 cm³/mol. The molecule has 12 heteroatoms. The first-order valence-electron chi connectivity index (χ1n) is 7.57. The highest BCUT2D eigenvalue weighted by Crippen LogP contribution is 2.30. The summed E-state index contributed by atoms with van der Waals surface area (Å²) in [5.41, 5.74) is 11.6. The van der Waals surface area contributed by atoms with Crippen LogP contribution in [0.4, 0.5) is 21.8 Å². The highest BCUT2D eigenvalue weighted by molar-refractivity contribution is 7.20. The molecule has 6 N–H and O–H groups in total. The molecule has 1 aromatic carbocycles. The molecule has 0 atom stereocenters. The van der Waals surface area contributed by atoms with Gasteiger partial charge in [0.1, 0.15) is 10.8 Å². The second kappa shape index (κ2) is 8.97. The topological polar surface area (TPSA) is 158 Å². The number of hydrogen-bond acceptors (Lipinski definition) is 9. The fourth-order valence-corrected chi connectivity index (χ4v) is 2.95. The summed E-state index contributed by atoms with van der Waals surface area (Å²) in [5.74, 6) is -0.423. The van der Waals surface area contributed by atoms with Gasteiger partial charge in [0.25, 0.3) is 11.8 Å². The maximum Gasteiger partial charge on any atom is 0.270 e. The van der Waals surface area contributed by atoms with E-state index in [9.17, 15) is 9.59 Å². The van der Waals surface area contributed by atoms with Gasteiger partial charge in [0.05, 0.1) is 25.2 Å². The first kappa shape index (κ1) is 20.9. The largest absolute Gasteiger partial charge is 0.497 e. The van der Waals surface area contributed by atoms with Crippen LogP contribution in [0.2, 0.25) is 0 Å². The van der Waals surface area contributed by atoms with Crippen LogP contribution in [0.15, 0.2) is 36.7 Å². The molecule has 0 saturated carbocycles. The van der Waals surface area contributed by atoms with E-state index in [1.54, 1.807) is 24.3 Å². The molecular weight excluding hydrogens is 406 g/mol. The molecule has 0 aliphatic rings. The average molecular weight is 422 g/mol. The van der Waals surface area contributed by atoms with Crippen LogP contribution in [0.3, 0.4) is 0 Å². The molecule has 10 nitrogen and oxygen atoms in total. The van der Waals surface area contributed by atoms with Crippen molar-refractivity contribution in [2.75, 3.05) is 23.5 Å². The van der Waals surface area contributed by atoms with Gasteiger partial charge in [-0.2, -0.15) is 0 Å². The molecule has 146 valence electrons. The summed E-state index contributed by atoms with van der Waals surface area (Å²) in [5, 5.41) is 6.13. The van der Waals surface area contributed by atoms with E-state index in [1.165, 1.54) is 19.5 Å². The minimum Gasteiger partial charge on any atom is -0.497 e. The summed E-state index contributed by atoms with van der Waals surface area (Å²) < 4.78 is 5.06. The molecule has 0 bridgehead atoms. The Morgan fingerprint density at radius 2 is 1.79 bits per heavy atom. The first-order valence-corrected chi connectivity index (χ1v) is 8.38. The molecule has 3 aromatic rings. The van der Waals surface area contributed by atoms with E-state index in [0.717, 1.165) is 11.3 Å². The van der Waals surface area contributed by atoms with Crippen molar-refractivity contribution < 1.29 is 14.3 Å². The number of amides is 2. The quantitative estimate of drug-likeness (QED) is 0.470. The van der Waals surface area contributed by atoms with Gasteiger partial charge >= 0.3 is 0 Å². The van der Waals surface area contributed by atoms with Crippen molar-refractivity contribution in [1.82, 2.24) is 15.0 Å². The first-order chi connectivity index (χ1) is 13.0.